The average Bonchev–Trinajstić information content (AvgIpc) is 3.07. The van der Waals surface area contributed by atoms with Gasteiger partial charge in [0.15, 0.2) is 0 Å². The molecule has 1 aliphatic rings. The number of benzene rings is 1. The van der Waals surface area contributed by atoms with Gasteiger partial charge in [-0.2, -0.15) is 0 Å². The maximum absolute atomic E-state index is 12.0. The lowest BCUT2D eigenvalue weighted by molar-refractivity contribution is -0.113. The van der Waals surface area contributed by atoms with E-state index < -0.39 is 10.0 Å². The molecule has 2 rings (SSSR count). The van der Waals surface area contributed by atoms with Gasteiger partial charge in [-0.1, -0.05) is 24.0 Å². The van der Waals surface area contributed by atoms with Crippen LogP contribution in [0.5, 0.6) is 0 Å². The van der Waals surface area contributed by atoms with Gasteiger partial charge in [0.1, 0.15) is 4.32 Å². The summed E-state index contributed by atoms with van der Waals surface area (Å²) in [5, 5.41) is 2.75. The van der Waals surface area contributed by atoms with Gasteiger partial charge >= 0.3 is 0 Å². The second kappa shape index (κ2) is 8.28. The quantitative estimate of drug-likeness (QED) is 0.779. The first kappa shape index (κ1) is 19.2. The summed E-state index contributed by atoms with van der Waals surface area (Å²) in [6, 6.07) is 6.12. The molecule has 1 N–H and O–H groups in total. The molecule has 132 valence electrons. The predicted molar refractivity (Wildman–Crippen MR) is 102 cm³/mol. The number of carbonyl (C=O) groups is 1. The van der Waals surface area contributed by atoms with E-state index in [1.54, 1.807) is 12.1 Å². The van der Waals surface area contributed by atoms with Crippen LogP contribution in [0.4, 0.5) is 5.69 Å². The van der Waals surface area contributed by atoms with Gasteiger partial charge < -0.3 is 10.2 Å². The number of nitrogens with zero attached hydrogens (tertiary/aromatic N) is 2. The van der Waals surface area contributed by atoms with Crippen LogP contribution in [0.1, 0.15) is 12.8 Å². The third kappa shape index (κ3) is 4.92. The molecule has 0 aromatic heterocycles. The van der Waals surface area contributed by atoms with E-state index in [1.807, 2.05) is 0 Å². The summed E-state index contributed by atoms with van der Waals surface area (Å²) in [6.07, 6.45) is 2.30. The Labute approximate surface area is 152 Å². The molecular weight excluding hydrogens is 366 g/mol. The van der Waals surface area contributed by atoms with E-state index in [2.05, 4.69) is 10.2 Å². The Bertz CT molecular complexity index is 696. The van der Waals surface area contributed by atoms with Crippen LogP contribution < -0.4 is 5.32 Å². The van der Waals surface area contributed by atoms with Crippen molar-refractivity contribution in [2.75, 3.05) is 38.3 Å². The zero-order valence-electron chi connectivity index (χ0n) is 13.7. The smallest absolute Gasteiger partial charge is 0.242 e. The Morgan fingerprint density at radius 2 is 1.83 bits per heavy atom. The average molecular weight is 388 g/mol. The molecule has 0 spiro atoms. The van der Waals surface area contributed by atoms with Gasteiger partial charge in [0, 0.05) is 32.9 Å². The van der Waals surface area contributed by atoms with Crippen LogP contribution >= 0.6 is 24.0 Å². The van der Waals surface area contributed by atoms with Crippen LogP contribution in [-0.2, 0) is 14.8 Å². The van der Waals surface area contributed by atoms with Crippen LogP contribution in [0.2, 0.25) is 0 Å². The van der Waals surface area contributed by atoms with Crippen LogP contribution in [-0.4, -0.2) is 60.8 Å². The first-order chi connectivity index (χ1) is 11.3. The minimum atomic E-state index is -3.46. The number of thiocarbonyl (C=S) groups is 1. The summed E-state index contributed by atoms with van der Waals surface area (Å²) < 4.78 is 25.9. The molecule has 0 saturated carbocycles. The van der Waals surface area contributed by atoms with Crippen molar-refractivity contribution in [3.63, 3.8) is 0 Å². The van der Waals surface area contributed by atoms with Crippen LogP contribution in [0.25, 0.3) is 0 Å². The van der Waals surface area contributed by atoms with E-state index in [-0.39, 0.29) is 16.6 Å². The Morgan fingerprint density at radius 1 is 1.25 bits per heavy atom. The molecule has 1 amide bonds. The number of nitrogens with one attached hydrogen (secondary N) is 1. The van der Waals surface area contributed by atoms with E-state index in [4.69, 9.17) is 12.2 Å². The van der Waals surface area contributed by atoms with Gasteiger partial charge in [0.2, 0.25) is 15.9 Å². The third-order valence-corrected chi connectivity index (χ3v) is 6.96. The molecule has 1 aromatic carbocycles. The molecule has 1 aliphatic heterocycles. The summed E-state index contributed by atoms with van der Waals surface area (Å²) in [6.45, 7) is 1.94. The van der Waals surface area contributed by atoms with Crippen molar-refractivity contribution in [1.82, 2.24) is 9.21 Å². The Hall–Kier alpha value is -1.16. The monoisotopic (exact) mass is 387 g/mol. The highest BCUT2D eigenvalue weighted by molar-refractivity contribution is 8.23. The minimum Gasteiger partial charge on any atom is -0.358 e. The number of amides is 1. The van der Waals surface area contributed by atoms with E-state index in [0.29, 0.717) is 5.69 Å². The van der Waals surface area contributed by atoms with Gasteiger partial charge in [-0.05, 0) is 37.1 Å². The summed E-state index contributed by atoms with van der Waals surface area (Å²) in [4.78, 5) is 14.3. The van der Waals surface area contributed by atoms with Gasteiger partial charge in [-0.3, -0.25) is 4.79 Å². The number of likely N-dealkylation sites (tertiary alicyclic amines) is 1. The van der Waals surface area contributed by atoms with Crippen LogP contribution in [0, 0.1) is 0 Å². The summed E-state index contributed by atoms with van der Waals surface area (Å²) in [5.74, 6) is 0.0809. The summed E-state index contributed by atoms with van der Waals surface area (Å²) in [7, 11) is -0.504. The second-order valence-corrected chi connectivity index (χ2v) is 9.37. The van der Waals surface area contributed by atoms with E-state index in [9.17, 15) is 13.2 Å². The molecule has 0 aliphatic carbocycles. The van der Waals surface area contributed by atoms with Crippen molar-refractivity contribution in [3.05, 3.63) is 24.3 Å². The van der Waals surface area contributed by atoms with E-state index in [1.165, 1.54) is 38.0 Å². The Kier molecular flexibility index (Phi) is 6.62. The van der Waals surface area contributed by atoms with Crippen molar-refractivity contribution < 1.29 is 13.2 Å². The molecule has 24 heavy (non-hydrogen) atoms. The molecule has 1 saturated heterocycles. The molecule has 1 fully saturated rings. The topological polar surface area (TPSA) is 69.7 Å². The van der Waals surface area contributed by atoms with Crippen molar-refractivity contribution >= 4 is 49.9 Å². The summed E-state index contributed by atoms with van der Waals surface area (Å²) in [5.41, 5.74) is 0.561. The number of thioether (sulfide) groups is 1. The largest absolute Gasteiger partial charge is 0.358 e. The molecular formula is C15H21N3O3S3. The van der Waals surface area contributed by atoms with Crippen LogP contribution in [0.3, 0.4) is 0 Å². The van der Waals surface area contributed by atoms with Crippen molar-refractivity contribution in [2.24, 2.45) is 0 Å². The fourth-order valence-corrected chi connectivity index (χ4v) is 4.19. The summed E-state index contributed by atoms with van der Waals surface area (Å²) >= 11 is 6.67. The Morgan fingerprint density at radius 3 is 2.38 bits per heavy atom. The molecule has 0 atom stereocenters. The standard InChI is InChI=1S/C15H21N3O3S3/c1-17(2)24(20,21)13-7-5-12(6-8-13)16-14(19)11-23-15(22)18-9-3-4-10-18/h5-8H,3-4,9-11H2,1-2H3,(H,16,19). The lowest BCUT2D eigenvalue weighted by Crippen LogP contribution is -2.25. The maximum atomic E-state index is 12.0. The number of sulfonamides is 1. The lowest BCUT2D eigenvalue weighted by Gasteiger charge is -2.17. The zero-order valence-corrected chi connectivity index (χ0v) is 16.1. The number of carbonyl (C=O) groups excluding carboxylic acids is 1. The van der Waals surface area contributed by atoms with E-state index in [0.717, 1.165) is 34.6 Å². The Balaban J connectivity index is 1.87. The molecule has 9 heteroatoms. The fraction of sp³-hybridized carbons (Fsp3) is 0.467. The number of rotatable bonds is 5. The zero-order chi connectivity index (χ0) is 17.7. The van der Waals surface area contributed by atoms with Crippen LogP contribution in [0.15, 0.2) is 29.2 Å². The second-order valence-electron chi connectivity index (χ2n) is 5.61. The molecule has 0 unspecified atom stereocenters. The SMILES string of the molecule is CN(C)S(=O)(=O)c1ccc(NC(=O)CSC(=S)N2CCCC2)cc1. The van der Waals surface area contributed by atoms with E-state index >= 15 is 0 Å². The van der Waals surface area contributed by atoms with Gasteiger partial charge in [-0.25, -0.2) is 12.7 Å². The molecule has 1 heterocycles. The number of anilines is 1. The van der Waals surface area contributed by atoms with Crippen molar-refractivity contribution in [2.45, 2.75) is 17.7 Å². The third-order valence-electron chi connectivity index (χ3n) is 3.61. The number of hydrogen-bond donors (Lipinski definition) is 1. The maximum Gasteiger partial charge on any atom is 0.242 e. The number of hydrogen-bond acceptors (Lipinski definition) is 5. The molecule has 1 aromatic rings. The molecule has 6 nitrogen and oxygen atoms in total. The van der Waals surface area contributed by atoms with Gasteiger partial charge in [-0.15, -0.1) is 0 Å². The van der Waals surface area contributed by atoms with Crippen molar-refractivity contribution in [3.8, 4) is 0 Å². The fourth-order valence-electron chi connectivity index (χ4n) is 2.24. The van der Waals surface area contributed by atoms with Gasteiger partial charge in [0.05, 0.1) is 10.6 Å². The first-order valence-corrected chi connectivity index (χ1v) is 10.4. The normalized spacial score (nSPS) is 14.9. The lowest BCUT2D eigenvalue weighted by atomic mass is 10.3. The highest BCUT2D eigenvalue weighted by Crippen LogP contribution is 2.18. The van der Waals surface area contributed by atoms with Gasteiger partial charge in [0.25, 0.3) is 0 Å². The van der Waals surface area contributed by atoms with Crippen molar-refractivity contribution in [1.29, 1.82) is 0 Å². The molecule has 0 bridgehead atoms. The highest BCUT2D eigenvalue weighted by atomic mass is 32.2. The minimum absolute atomic E-state index is 0.162. The first-order valence-electron chi connectivity index (χ1n) is 7.55. The molecule has 0 radical (unpaired) electrons. The predicted octanol–water partition coefficient (Wildman–Crippen LogP) is 1.99. The highest BCUT2D eigenvalue weighted by Gasteiger charge is 2.18.